The molecule has 0 bridgehead atoms. The third kappa shape index (κ3) is 3.92. The Bertz CT molecular complexity index is 509. The highest BCUT2D eigenvalue weighted by Gasteiger charge is 2.39. The fourth-order valence-corrected chi connectivity index (χ4v) is 5.09. The summed E-state index contributed by atoms with van der Waals surface area (Å²) in [5, 5.41) is 0. The van der Waals surface area contributed by atoms with Gasteiger partial charge in [-0.25, -0.2) is 16.8 Å². The SMILES string of the molecule is COC(=O)C1CCCN1S(=O)(=O)CCS(C)(=O)=O. The molecular weight excluding hydrogens is 282 g/mol. The number of sulfone groups is 1. The van der Waals surface area contributed by atoms with E-state index in [0.29, 0.717) is 12.8 Å². The van der Waals surface area contributed by atoms with Crippen molar-refractivity contribution in [2.75, 3.05) is 31.4 Å². The van der Waals surface area contributed by atoms with Crippen molar-refractivity contribution < 1.29 is 26.4 Å². The van der Waals surface area contributed by atoms with Crippen molar-refractivity contribution in [1.82, 2.24) is 4.31 Å². The number of esters is 1. The Labute approximate surface area is 107 Å². The van der Waals surface area contributed by atoms with Crippen LogP contribution in [0.15, 0.2) is 0 Å². The zero-order chi connectivity index (χ0) is 14.0. The Hall–Kier alpha value is -0.670. The molecular formula is C9H17NO6S2. The smallest absolute Gasteiger partial charge is 0.324 e. The van der Waals surface area contributed by atoms with Crippen molar-refractivity contribution in [2.24, 2.45) is 0 Å². The second-order valence-electron chi connectivity index (χ2n) is 4.24. The van der Waals surface area contributed by atoms with Crippen LogP contribution in [0.1, 0.15) is 12.8 Å². The van der Waals surface area contributed by atoms with Gasteiger partial charge in [-0.2, -0.15) is 4.31 Å². The monoisotopic (exact) mass is 299 g/mol. The molecule has 0 amide bonds. The van der Waals surface area contributed by atoms with Crippen LogP contribution in [0.2, 0.25) is 0 Å². The zero-order valence-electron chi connectivity index (χ0n) is 10.3. The van der Waals surface area contributed by atoms with Gasteiger partial charge in [-0.05, 0) is 12.8 Å². The molecule has 0 aliphatic carbocycles. The molecule has 18 heavy (non-hydrogen) atoms. The minimum Gasteiger partial charge on any atom is -0.468 e. The standard InChI is InChI=1S/C9H17NO6S2/c1-16-9(11)8-4-3-5-10(8)18(14,15)7-6-17(2,12)13/h8H,3-7H2,1-2H3. The molecule has 1 heterocycles. The fraction of sp³-hybridized carbons (Fsp3) is 0.889. The van der Waals surface area contributed by atoms with Gasteiger partial charge in [-0.3, -0.25) is 4.79 Å². The quantitative estimate of drug-likeness (QED) is 0.604. The predicted molar refractivity (Wildman–Crippen MR) is 65.2 cm³/mol. The van der Waals surface area contributed by atoms with Crippen LogP contribution in [0.25, 0.3) is 0 Å². The van der Waals surface area contributed by atoms with E-state index in [1.54, 1.807) is 0 Å². The number of ether oxygens (including phenoxy) is 1. The van der Waals surface area contributed by atoms with Crippen LogP contribution in [-0.4, -0.2) is 64.6 Å². The van der Waals surface area contributed by atoms with Crippen molar-refractivity contribution in [3.63, 3.8) is 0 Å². The van der Waals surface area contributed by atoms with Crippen molar-refractivity contribution in [1.29, 1.82) is 0 Å². The molecule has 1 aliphatic heterocycles. The zero-order valence-corrected chi connectivity index (χ0v) is 12.0. The predicted octanol–water partition coefficient (Wildman–Crippen LogP) is -1.00. The number of methoxy groups -OCH3 is 1. The first-order valence-electron chi connectivity index (χ1n) is 5.42. The van der Waals surface area contributed by atoms with Gasteiger partial charge in [0.1, 0.15) is 15.9 Å². The summed E-state index contributed by atoms with van der Waals surface area (Å²) in [5.41, 5.74) is 0. The van der Waals surface area contributed by atoms with Gasteiger partial charge in [0.05, 0.1) is 18.6 Å². The van der Waals surface area contributed by atoms with Crippen LogP contribution in [0.4, 0.5) is 0 Å². The van der Waals surface area contributed by atoms with E-state index in [4.69, 9.17) is 0 Å². The number of hydrogen-bond donors (Lipinski definition) is 0. The first-order chi connectivity index (χ1) is 8.17. The van der Waals surface area contributed by atoms with Crippen molar-refractivity contribution in [2.45, 2.75) is 18.9 Å². The molecule has 1 unspecified atom stereocenters. The molecule has 0 aromatic carbocycles. The molecule has 0 radical (unpaired) electrons. The summed E-state index contributed by atoms with van der Waals surface area (Å²) in [6, 6.07) is -0.820. The molecule has 1 atom stereocenters. The molecule has 0 aromatic heterocycles. The van der Waals surface area contributed by atoms with Crippen LogP contribution in [0.5, 0.6) is 0 Å². The van der Waals surface area contributed by atoms with Crippen molar-refractivity contribution in [3.8, 4) is 0 Å². The van der Waals surface area contributed by atoms with Crippen LogP contribution >= 0.6 is 0 Å². The number of sulfonamides is 1. The molecule has 1 saturated heterocycles. The molecule has 0 N–H and O–H groups in total. The maximum absolute atomic E-state index is 12.0. The lowest BCUT2D eigenvalue weighted by molar-refractivity contribution is -0.144. The molecule has 0 aromatic rings. The second kappa shape index (κ2) is 5.54. The van der Waals surface area contributed by atoms with Gasteiger partial charge in [0.15, 0.2) is 0 Å². The highest BCUT2D eigenvalue weighted by Crippen LogP contribution is 2.22. The van der Waals surface area contributed by atoms with Crippen molar-refractivity contribution >= 4 is 25.8 Å². The van der Waals surface area contributed by atoms with E-state index in [-0.39, 0.29) is 6.54 Å². The van der Waals surface area contributed by atoms with Gasteiger partial charge >= 0.3 is 5.97 Å². The largest absolute Gasteiger partial charge is 0.468 e. The lowest BCUT2D eigenvalue weighted by Gasteiger charge is -2.21. The second-order valence-corrected chi connectivity index (χ2v) is 8.54. The first kappa shape index (κ1) is 15.4. The van der Waals surface area contributed by atoms with Crippen LogP contribution in [0, 0.1) is 0 Å². The Morgan fingerprint density at radius 3 is 2.39 bits per heavy atom. The molecule has 7 nitrogen and oxygen atoms in total. The summed E-state index contributed by atoms with van der Waals surface area (Å²) in [4.78, 5) is 11.4. The van der Waals surface area contributed by atoms with Crippen LogP contribution in [0.3, 0.4) is 0 Å². The fourth-order valence-electron chi connectivity index (χ4n) is 1.82. The molecule has 0 spiro atoms. The third-order valence-electron chi connectivity index (χ3n) is 2.75. The van der Waals surface area contributed by atoms with Gasteiger partial charge in [0.2, 0.25) is 10.0 Å². The molecule has 1 aliphatic rings. The van der Waals surface area contributed by atoms with E-state index in [1.165, 1.54) is 7.11 Å². The lowest BCUT2D eigenvalue weighted by Crippen LogP contribution is -2.43. The molecule has 1 fully saturated rings. The normalized spacial score (nSPS) is 22.0. The Balaban J connectivity index is 2.81. The number of carbonyl (C=O) groups is 1. The minimum absolute atomic E-state index is 0.228. The maximum atomic E-state index is 12.0. The van der Waals surface area contributed by atoms with E-state index in [1.807, 2.05) is 0 Å². The van der Waals surface area contributed by atoms with E-state index >= 15 is 0 Å². The summed E-state index contributed by atoms with van der Waals surface area (Å²) in [7, 11) is -5.90. The van der Waals surface area contributed by atoms with Gasteiger partial charge in [0.25, 0.3) is 0 Å². The van der Waals surface area contributed by atoms with Crippen LogP contribution < -0.4 is 0 Å². The summed E-state index contributed by atoms with van der Waals surface area (Å²) < 4.78 is 51.5. The Morgan fingerprint density at radius 2 is 1.89 bits per heavy atom. The summed E-state index contributed by atoms with van der Waals surface area (Å²) in [5.74, 6) is -1.55. The maximum Gasteiger partial charge on any atom is 0.324 e. The third-order valence-corrected chi connectivity index (χ3v) is 5.82. The number of hydrogen-bond acceptors (Lipinski definition) is 6. The van der Waals surface area contributed by atoms with E-state index < -0.39 is 43.4 Å². The highest BCUT2D eigenvalue weighted by atomic mass is 32.2. The van der Waals surface area contributed by atoms with E-state index in [2.05, 4.69) is 4.74 Å². The average molecular weight is 299 g/mol. The Morgan fingerprint density at radius 1 is 1.28 bits per heavy atom. The van der Waals surface area contributed by atoms with Crippen LogP contribution in [-0.2, 0) is 29.4 Å². The Kier molecular flexibility index (Phi) is 4.73. The summed E-state index contributed by atoms with van der Waals surface area (Å²) in [6.45, 7) is 0.228. The number of rotatable bonds is 5. The van der Waals surface area contributed by atoms with Crippen molar-refractivity contribution in [3.05, 3.63) is 0 Å². The van der Waals surface area contributed by atoms with Gasteiger partial charge in [0, 0.05) is 12.8 Å². The summed E-state index contributed by atoms with van der Waals surface area (Å²) in [6.07, 6.45) is 1.95. The molecule has 9 heteroatoms. The molecule has 0 saturated carbocycles. The van der Waals surface area contributed by atoms with Gasteiger partial charge in [-0.15, -0.1) is 0 Å². The lowest BCUT2D eigenvalue weighted by atomic mass is 10.2. The topological polar surface area (TPSA) is 97.8 Å². The number of nitrogens with zero attached hydrogens (tertiary/aromatic N) is 1. The van der Waals surface area contributed by atoms with E-state index in [9.17, 15) is 21.6 Å². The average Bonchev–Trinajstić information content (AvgIpc) is 2.74. The molecule has 1 rings (SSSR count). The summed E-state index contributed by atoms with van der Waals surface area (Å²) >= 11 is 0. The minimum atomic E-state index is -3.74. The van der Waals surface area contributed by atoms with E-state index in [0.717, 1.165) is 10.6 Å². The highest BCUT2D eigenvalue weighted by molar-refractivity contribution is 7.93. The number of carbonyl (C=O) groups excluding carboxylic acids is 1. The molecule has 106 valence electrons. The first-order valence-corrected chi connectivity index (χ1v) is 9.09. The van der Waals surface area contributed by atoms with Gasteiger partial charge in [-0.1, -0.05) is 0 Å². The van der Waals surface area contributed by atoms with Gasteiger partial charge < -0.3 is 4.74 Å².